The Morgan fingerprint density at radius 1 is 0.966 bits per heavy atom. The zero-order chi connectivity index (χ0) is 19.9. The molecule has 29 heavy (non-hydrogen) atoms. The Labute approximate surface area is 184 Å². The maximum Gasteiger partial charge on any atom is 0.257 e. The van der Waals surface area contributed by atoms with Gasteiger partial charge in [0.25, 0.3) is 5.91 Å². The molecule has 1 aliphatic rings. The number of benzene rings is 2. The second-order valence-electron chi connectivity index (χ2n) is 6.68. The van der Waals surface area contributed by atoms with Gasteiger partial charge < -0.3 is 4.90 Å². The van der Waals surface area contributed by atoms with Crippen LogP contribution in [0.4, 0.5) is 0 Å². The third-order valence-corrected chi connectivity index (χ3v) is 5.14. The van der Waals surface area contributed by atoms with Crippen LogP contribution in [0.3, 0.4) is 0 Å². The van der Waals surface area contributed by atoms with E-state index in [1.807, 2.05) is 12.1 Å². The first kappa shape index (κ1) is 22.9. The maximum atomic E-state index is 12.8. The number of hydrogen-bond donors (Lipinski definition) is 0. The molecule has 0 bridgehead atoms. The highest BCUT2D eigenvalue weighted by atomic mass is 35.5. The van der Waals surface area contributed by atoms with Gasteiger partial charge in [-0.3, -0.25) is 14.7 Å². The van der Waals surface area contributed by atoms with Crippen molar-refractivity contribution in [3.05, 3.63) is 95.2 Å². The molecule has 1 amide bonds. The highest BCUT2D eigenvalue weighted by Gasteiger charge is 2.29. The van der Waals surface area contributed by atoms with Gasteiger partial charge in [0.05, 0.1) is 11.6 Å². The number of piperazine rings is 1. The fourth-order valence-corrected chi connectivity index (χ4v) is 3.70. The Morgan fingerprint density at radius 2 is 1.45 bits per heavy atom. The molecule has 0 spiro atoms. The lowest BCUT2D eigenvalue weighted by molar-refractivity contribution is -0.128. The largest absolute Gasteiger partial charge is 0.336 e. The minimum Gasteiger partial charge on any atom is -0.336 e. The summed E-state index contributed by atoms with van der Waals surface area (Å²) in [5.74, 6) is -0.150. The average molecular weight is 428 g/mol. The van der Waals surface area contributed by atoms with Crippen molar-refractivity contribution in [2.24, 2.45) is 4.99 Å². The number of aliphatic imine (C=N–C) groups is 1. The highest BCUT2D eigenvalue weighted by Crippen LogP contribution is 2.29. The summed E-state index contributed by atoms with van der Waals surface area (Å²) in [5, 5.41) is 0.186. The molecule has 1 heterocycles. The molecule has 1 saturated heterocycles. The summed E-state index contributed by atoms with van der Waals surface area (Å²) in [4.78, 5) is 20.6. The zero-order valence-corrected chi connectivity index (χ0v) is 18.1. The Hall–Kier alpha value is -2.34. The molecule has 0 radical (unpaired) electrons. The molecule has 2 aromatic carbocycles. The van der Waals surface area contributed by atoms with Gasteiger partial charge in [-0.15, -0.1) is 0 Å². The van der Waals surface area contributed by atoms with Gasteiger partial charge in [-0.05, 0) is 17.8 Å². The maximum absolute atomic E-state index is 12.8. The highest BCUT2D eigenvalue weighted by molar-refractivity contribution is 7.59. The number of carbonyl (C=O) groups excluding carboxylic acids is 1. The summed E-state index contributed by atoms with van der Waals surface area (Å²) in [6.45, 7) is 9.84. The second kappa shape index (κ2) is 11.0. The van der Waals surface area contributed by atoms with Crippen molar-refractivity contribution >= 4 is 37.7 Å². The third-order valence-electron chi connectivity index (χ3n) is 4.94. The molecule has 1 fully saturated rings. The van der Waals surface area contributed by atoms with Crippen LogP contribution >= 0.6 is 25.1 Å². The van der Waals surface area contributed by atoms with E-state index in [4.69, 9.17) is 11.6 Å². The molecule has 0 aliphatic carbocycles. The summed E-state index contributed by atoms with van der Waals surface area (Å²) in [7, 11) is 0. The first-order valence-electron chi connectivity index (χ1n) is 9.26. The summed E-state index contributed by atoms with van der Waals surface area (Å²) < 4.78 is 0. The number of nitrogens with zero attached hydrogens (tertiary/aromatic N) is 3. The first-order valence-corrected chi connectivity index (χ1v) is 9.63. The Bertz CT molecular complexity index is 823. The van der Waals surface area contributed by atoms with Crippen molar-refractivity contribution in [1.82, 2.24) is 9.80 Å². The molecule has 152 valence electrons. The number of hydrogen-bond acceptors (Lipinski definition) is 3. The molecular weight excluding hydrogens is 402 g/mol. The lowest BCUT2D eigenvalue weighted by Gasteiger charge is -2.40. The molecule has 0 unspecified atom stereocenters. The van der Waals surface area contributed by atoms with Gasteiger partial charge >= 0.3 is 0 Å². The van der Waals surface area contributed by atoms with Gasteiger partial charge in [0.15, 0.2) is 0 Å². The van der Waals surface area contributed by atoms with Gasteiger partial charge in [0.1, 0.15) is 0 Å². The van der Waals surface area contributed by atoms with Crippen LogP contribution in [-0.2, 0) is 4.79 Å². The fraction of sp³-hybridized carbons (Fsp3) is 0.217. The number of carbonyl (C=O) groups is 1. The van der Waals surface area contributed by atoms with Crippen molar-refractivity contribution in [2.45, 2.75) is 6.04 Å². The van der Waals surface area contributed by atoms with Gasteiger partial charge in [-0.25, -0.2) is 0 Å². The van der Waals surface area contributed by atoms with Crippen LogP contribution in [0.25, 0.3) is 0 Å². The van der Waals surface area contributed by atoms with E-state index in [0.29, 0.717) is 18.7 Å². The average Bonchev–Trinajstić information content (AvgIpc) is 2.73. The first-order chi connectivity index (χ1) is 13.6. The molecule has 6 heteroatoms. The summed E-state index contributed by atoms with van der Waals surface area (Å²) in [6, 6.07) is 21.1. The Kier molecular flexibility index (Phi) is 8.70. The number of halogens is 1. The summed E-state index contributed by atoms with van der Waals surface area (Å²) >= 11 is 5.97. The van der Waals surface area contributed by atoms with E-state index in [-0.39, 0.29) is 30.5 Å². The van der Waals surface area contributed by atoms with E-state index >= 15 is 0 Å². The molecule has 3 rings (SSSR count). The van der Waals surface area contributed by atoms with Crippen LogP contribution in [0.1, 0.15) is 17.2 Å². The van der Waals surface area contributed by atoms with Crippen molar-refractivity contribution in [2.75, 3.05) is 26.2 Å². The SMILES string of the molecule is C=N/C=C(\C(=C)Cl)C(=O)N1CCN(C(c2ccccc2)c2ccccc2)CC1.S. The van der Waals surface area contributed by atoms with E-state index in [2.05, 4.69) is 71.7 Å². The van der Waals surface area contributed by atoms with E-state index < -0.39 is 0 Å². The monoisotopic (exact) mass is 427 g/mol. The lowest BCUT2D eigenvalue weighted by Crippen LogP contribution is -2.50. The van der Waals surface area contributed by atoms with Crippen LogP contribution in [0.5, 0.6) is 0 Å². The van der Waals surface area contributed by atoms with E-state index in [1.165, 1.54) is 17.3 Å². The van der Waals surface area contributed by atoms with Crippen LogP contribution in [0, 0.1) is 0 Å². The predicted octanol–water partition coefficient (Wildman–Crippen LogP) is 4.37. The van der Waals surface area contributed by atoms with Gasteiger partial charge in [0, 0.05) is 37.4 Å². The smallest absolute Gasteiger partial charge is 0.257 e. The molecule has 2 aromatic rings. The predicted molar refractivity (Wildman–Crippen MR) is 126 cm³/mol. The molecule has 0 saturated carbocycles. The van der Waals surface area contributed by atoms with Crippen molar-refractivity contribution in [1.29, 1.82) is 0 Å². The van der Waals surface area contributed by atoms with Crippen molar-refractivity contribution in [3.63, 3.8) is 0 Å². The van der Waals surface area contributed by atoms with Gasteiger partial charge in [-0.1, -0.05) is 78.8 Å². The van der Waals surface area contributed by atoms with E-state index in [9.17, 15) is 4.79 Å². The van der Waals surface area contributed by atoms with Gasteiger partial charge in [0.2, 0.25) is 0 Å². The normalized spacial score (nSPS) is 15.0. The third kappa shape index (κ3) is 5.60. The van der Waals surface area contributed by atoms with Crippen LogP contribution in [0.15, 0.2) is 89.0 Å². The van der Waals surface area contributed by atoms with Gasteiger partial charge in [-0.2, -0.15) is 13.5 Å². The van der Waals surface area contributed by atoms with Crippen LogP contribution in [-0.4, -0.2) is 48.6 Å². The van der Waals surface area contributed by atoms with Crippen LogP contribution < -0.4 is 0 Å². The minimum atomic E-state index is -0.150. The second-order valence-corrected chi connectivity index (χ2v) is 7.14. The topological polar surface area (TPSA) is 35.9 Å². The van der Waals surface area contributed by atoms with E-state index in [0.717, 1.165) is 13.1 Å². The standard InChI is InChI=1S/C23H24ClN3O.H2S/c1-18(24)21(17-25-2)23(28)27-15-13-26(14-16-27)22(19-9-5-3-6-10-19)20-11-7-4-8-12-20;/h3-12,17,22H,1-2,13-16H2;1H2/b21-17+;. The Morgan fingerprint density at radius 3 is 1.86 bits per heavy atom. The number of rotatable bonds is 6. The fourth-order valence-electron chi connectivity index (χ4n) is 3.57. The minimum absolute atomic E-state index is 0. The van der Waals surface area contributed by atoms with Crippen molar-refractivity contribution < 1.29 is 4.79 Å². The molecule has 0 atom stereocenters. The molecule has 4 nitrogen and oxygen atoms in total. The molecule has 0 aromatic heterocycles. The van der Waals surface area contributed by atoms with Crippen molar-refractivity contribution in [3.8, 4) is 0 Å². The van der Waals surface area contributed by atoms with Crippen LogP contribution in [0.2, 0.25) is 0 Å². The lowest BCUT2D eigenvalue weighted by atomic mass is 9.96. The molecule has 1 aliphatic heterocycles. The zero-order valence-electron chi connectivity index (χ0n) is 16.3. The van der Waals surface area contributed by atoms with E-state index in [1.54, 1.807) is 4.90 Å². The number of amides is 1. The molecule has 0 N–H and O–H groups in total. The summed E-state index contributed by atoms with van der Waals surface area (Å²) in [6.07, 6.45) is 1.38. The molecular formula is C23H26ClN3OS. The Balaban J connectivity index is 0.00000300. The quantitative estimate of drug-likeness (QED) is 0.390. The summed E-state index contributed by atoms with van der Waals surface area (Å²) in [5.41, 5.74) is 2.80.